The van der Waals surface area contributed by atoms with Crippen molar-refractivity contribution in [2.24, 2.45) is 0 Å². The Morgan fingerprint density at radius 1 is 1.03 bits per heavy atom. The van der Waals surface area contributed by atoms with Crippen molar-refractivity contribution in [2.75, 3.05) is 5.73 Å². The van der Waals surface area contributed by atoms with Gasteiger partial charge in [-0.15, -0.1) is 0 Å². The van der Waals surface area contributed by atoms with Crippen molar-refractivity contribution in [2.45, 2.75) is 62.9 Å². The molecule has 1 atom stereocenters. The maximum absolute atomic E-state index is 13.4. The van der Waals surface area contributed by atoms with E-state index in [1.807, 2.05) is 61.5 Å². The van der Waals surface area contributed by atoms with E-state index in [-0.39, 0.29) is 22.5 Å². The number of carbonyl (C=O) groups excluding carboxylic acids is 1. The number of carbonyl (C=O) groups is 1. The molecule has 5 heteroatoms. The average molecular weight is 488 g/mol. The van der Waals surface area contributed by atoms with Gasteiger partial charge in [-0.25, -0.2) is 4.79 Å². The number of anilines is 1. The van der Waals surface area contributed by atoms with E-state index in [0.29, 0.717) is 18.5 Å². The Morgan fingerprint density at radius 2 is 1.71 bits per heavy atom. The van der Waals surface area contributed by atoms with Gasteiger partial charge in [0.1, 0.15) is 16.3 Å². The van der Waals surface area contributed by atoms with Crippen LogP contribution in [0, 0.1) is 6.92 Å². The highest BCUT2D eigenvalue weighted by Crippen LogP contribution is 2.46. The number of hydrogen-bond acceptors (Lipinski definition) is 5. The number of rotatable bonds is 6. The van der Waals surface area contributed by atoms with Crippen LogP contribution in [0.2, 0.25) is 0 Å². The molecule has 0 aliphatic carbocycles. The third-order valence-corrected chi connectivity index (χ3v) is 7.61. The molecule has 0 radical (unpaired) electrons. The Bertz CT molecular complexity index is 1240. The van der Waals surface area contributed by atoms with Gasteiger partial charge in [0.25, 0.3) is 0 Å². The molecule has 0 amide bonds. The molecule has 3 N–H and O–H groups in total. The normalized spacial score (nSPS) is 18.5. The first-order valence-electron chi connectivity index (χ1n) is 11.9. The largest absolute Gasteiger partial charge is 0.511 e. The second-order valence-corrected chi connectivity index (χ2v) is 11.3. The third-order valence-electron chi connectivity index (χ3n) is 6.44. The third kappa shape index (κ3) is 5.57. The first-order valence-corrected chi connectivity index (χ1v) is 12.7. The average Bonchev–Trinajstić information content (AvgIpc) is 2.81. The predicted molar refractivity (Wildman–Crippen MR) is 143 cm³/mol. The molecule has 3 aromatic rings. The van der Waals surface area contributed by atoms with Crippen molar-refractivity contribution in [1.29, 1.82) is 0 Å². The molecule has 0 saturated carbocycles. The summed E-state index contributed by atoms with van der Waals surface area (Å²) in [4.78, 5) is 14.6. The first kappa shape index (κ1) is 24.9. The van der Waals surface area contributed by atoms with Gasteiger partial charge in [-0.1, -0.05) is 87.1 Å². The Balaban J connectivity index is 1.68. The summed E-state index contributed by atoms with van der Waals surface area (Å²) < 4.78 is 6.21. The fourth-order valence-electron chi connectivity index (χ4n) is 4.49. The molecule has 0 aromatic heterocycles. The number of thioether (sulfide) groups is 1. The summed E-state index contributed by atoms with van der Waals surface area (Å²) in [5, 5.41) is 11.2. The first-order chi connectivity index (χ1) is 16.6. The smallest absolute Gasteiger partial charge is 0.349 e. The monoisotopic (exact) mass is 487 g/mol. The van der Waals surface area contributed by atoms with Crippen LogP contribution in [-0.2, 0) is 27.0 Å². The topological polar surface area (TPSA) is 72.6 Å². The van der Waals surface area contributed by atoms with E-state index in [4.69, 9.17) is 10.5 Å². The van der Waals surface area contributed by atoms with Crippen LogP contribution in [-0.4, -0.2) is 11.1 Å². The quantitative estimate of drug-likeness (QED) is 0.284. The van der Waals surface area contributed by atoms with Crippen molar-refractivity contribution >= 4 is 23.4 Å². The second kappa shape index (κ2) is 9.82. The Morgan fingerprint density at radius 3 is 2.34 bits per heavy atom. The summed E-state index contributed by atoms with van der Waals surface area (Å²) >= 11 is 1.30. The SMILES string of the molecule is Cc1ccc(C(C)(C)C)c(SC2=C(O)CC(CCc3ccc(N)cc3)(c3ccccc3)OC2=O)c1. The van der Waals surface area contributed by atoms with E-state index < -0.39 is 11.6 Å². The van der Waals surface area contributed by atoms with Gasteiger partial charge < -0.3 is 15.6 Å². The zero-order valence-electron chi connectivity index (χ0n) is 20.8. The number of benzene rings is 3. The predicted octanol–water partition coefficient (Wildman–Crippen LogP) is 7.21. The standard InChI is InChI=1S/C30H33NO3S/c1-20-10-15-24(29(2,3)4)26(18-20)35-27-25(32)19-30(34-28(27)33,22-8-6-5-7-9-22)17-16-21-11-13-23(31)14-12-21/h5-15,18,32H,16-17,19,31H2,1-4H3. The summed E-state index contributed by atoms with van der Waals surface area (Å²) in [5.41, 5.74) is 9.72. The van der Waals surface area contributed by atoms with E-state index in [0.717, 1.165) is 27.1 Å². The lowest BCUT2D eigenvalue weighted by Gasteiger charge is -2.38. The summed E-state index contributed by atoms with van der Waals surface area (Å²) in [6.07, 6.45) is 1.47. The number of hydrogen-bond donors (Lipinski definition) is 2. The van der Waals surface area contributed by atoms with Crippen molar-refractivity contribution in [3.05, 3.63) is 106 Å². The van der Waals surface area contributed by atoms with Gasteiger partial charge in [-0.05, 0) is 65.6 Å². The van der Waals surface area contributed by atoms with Crippen molar-refractivity contribution < 1.29 is 14.6 Å². The zero-order valence-corrected chi connectivity index (χ0v) is 21.6. The van der Waals surface area contributed by atoms with Crippen LogP contribution in [0.15, 0.2) is 88.4 Å². The molecule has 4 nitrogen and oxygen atoms in total. The van der Waals surface area contributed by atoms with Crippen LogP contribution in [0.5, 0.6) is 0 Å². The van der Waals surface area contributed by atoms with Gasteiger partial charge in [0, 0.05) is 10.6 Å². The maximum atomic E-state index is 13.4. The number of nitrogens with two attached hydrogens (primary N) is 1. The Kier molecular flexibility index (Phi) is 7.00. The minimum atomic E-state index is -0.937. The summed E-state index contributed by atoms with van der Waals surface area (Å²) in [5.74, 6) is -0.407. The molecule has 0 spiro atoms. The lowest BCUT2D eigenvalue weighted by atomic mass is 9.82. The van der Waals surface area contributed by atoms with Crippen LogP contribution in [0.25, 0.3) is 0 Å². The molecule has 35 heavy (non-hydrogen) atoms. The van der Waals surface area contributed by atoms with E-state index >= 15 is 0 Å². The molecule has 182 valence electrons. The van der Waals surface area contributed by atoms with E-state index in [2.05, 4.69) is 39.0 Å². The molecule has 1 heterocycles. The fraction of sp³-hybridized carbons (Fsp3) is 0.300. The minimum absolute atomic E-state index is 0.0776. The number of cyclic esters (lactones) is 1. The van der Waals surface area contributed by atoms with Gasteiger partial charge in [-0.3, -0.25) is 0 Å². The molecule has 0 bridgehead atoms. The molecule has 0 fully saturated rings. The summed E-state index contributed by atoms with van der Waals surface area (Å²) in [7, 11) is 0. The van der Waals surface area contributed by atoms with E-state index in [1.54, 1.807) is 0 Å². The second-order valence-electron chi connectivity index (χ2n) is 10.3. The van der Waals surface area contributed by atoms with E-state index in [1.165, 1.54) is 11.8 Å². The lowest BCUT2D eigenvalue weighted by Crippen LogP contribution is -2.38. The molecule has 1 aliphatic rings. The van der Waals surface area contributed by atoms with Crippen molar-refractivity contribution in [1.82, 2.24) is 0 Å². The van der Waals surface area contributed by atoms with Crippen LogP contribution < -0.4 is 5.73 Å². The molecular formula is C30H33NO3S. The van der Waals surface area contributed by atoms with Crippen molar-refractivity contribution in [3.8, 4) is 0 Å². The van der Waals surface area contributed by atoms with Crippen molar-refractivity contribution in [3.63, 3.8) is 0 Å². The number of aryl methyl sites for hydroxylation is 2. The highest BCUT2D eigenvalue weighted by molar-refractivity contribution is 8.04. The molecule has 1 unspecified atom stereocenters. The van der Waals surface area contributed by atoms with E-state index in [9.17, 15) is 9.90 Å². The Hall–Kier alpha value is -3.18. The van der Waals surface area contributed by atoms with Gasteiger partial charge in [0.15, 0.2) is 0 Å². The Labute approximate surface area is 212 Å². The number of nitrogen functional groups attached to an aromatic ring is 1. The van der Waals surface area contributed by atoms with Crippen LogP contribution in [0.4, 0.5) is 5.69 Å². The van der Waals surface area contributed by atoms with Gasteiger partial charge in [0.05, 0.1) is 6.42 Å². The van der Waals surface area contributed by atoms with Crippen LogP contribution in [0.3, 0.4) is 0 Å². The lowest BCUT2D eigenvalue weighted by molar-refractivity contribution is -0.160. The van der Waals surface area contributed by atoms with Gasteiger partial charge in [-0.2, -0.15) is 0 Å². The zero-order chi connectivity index (χ0) is 25.2. The van der Waals surface area contributed by atoms with Crippen LogP contribution in [0.1, 0.15) is 55.9 Å². The van der Waals surface area contributed by atoms with Gasteiger partial charge in [0.2, 0.25) is 0 Å². The minimum Gasteiger partial charge on any atom is -0.511 e. The maximum Gasteiger partial charge on any atom is 0.349 e. The molecule has 3 aromatic carbocycles. The molecular weight excluding hydrogens is 454 g/mol. The number of aliphatic hydroxyl groups excluding tert-OH is 1. The van der Waals surface area contributed by atoms with Crippen LogP contribution >= 0.6 is 11.8 Å². The summed E-state index contributed by atoms with van der Waals surface area (Å²) in [6, 6.07) is 23.7. The molecule has 0 saturated heterocycles. The summed E-state index contributed by atoms with van der Waals surface area (Å²) in [6.45, 7) is 8.47. The number of esters is 1. The number of aliphatic hydroxyl groups is 1. The number of ether oxygens (including phenoxy) is 1. The highest BCUT2D eigenvalue weighted by Gasteiger charge is 2.43. The fourth-order valence-corrected chi connectivity index (χ4v) is 5.75. The highest BCUT2D eigenvalue weighted by atomic mass is 32.2. The van der Waals surface area contributed by atoms with Gasteiger partial charge >= 0.3 is 5.97 Å². The molecule has 4 rings (SSSR count). The molecule has 1 aliphatic heterocycles.